The highest BCUT2D eigenvalue weighted by Crippen LogP contribution is 2.28. The normalized spacial score (nSPS) is 11.9. The molecule has 0 radical (unpaired) electrons. The van der Waals surface area contributed by atoms with E-state index in [1.165, 1.54) is 0 Å². The highest BCUT2D eigenvalue weighted by molar-refractivity contribution is 6.30. The zero-order valence-corrected chi connectivity index (χ0v) is 8.58. The Balaban J connectivity index is 3.02. The third-order valence-electron chi connectivity index (χ3n) is 1.91. The van der Waals surface area contributed by atoms with Crippen molar-refractivity contribution in [2.75, 3.05) is 7.11 Å². The molecule has 0 saturated carbocycles. The molecule has 0 fully saturated rings. The number of methoxy groups -OCH3 is 1. The van der Waals surface area contributed by atoms with Crippen LogP contribution in [-0.2, 0) is 0 Å². The standard InChI is InChI=1S/C10H11ClN2O/c1-14-10-6-7(11)2-3-8(10)9(13)4-5-12/h2-3,6,9H,4,13H2,1H3. The van der Waals surface area contributed by atoms with Gasteiger partial charge in [-0.05, 0) is 12.1 Å². The number of halogens is 1. The number of benzene rings is 1. The SMILES string of the molecule is COc1cc(Cl)ccc1C(N)CC#N. The molecule has 14 heavy (non-hydrogen) atoms. The fourth-order valence-electron chi connectivity index (χ4n) is 1.20. The lowest BCUT2D eigenvalue weighted by Crippen LogP contribution is -2.10. The first-order valence-corrected chi connectivity index (χ1v) is 4.52. The van der Waals surface area contributed by atoms with Crippen LogP contribution in [0, 0.1) is 11.3 Å². The van der Waals surface area contributed by atoms with Crippen LogP contribution in [0.25, 0.3) is 0 Å². The van der Waals surface area contributed by atoms with Crippen LogP contribution in [0.2, 0.25) is 5.02 Å². The topological polar surface area (TPSA) is 59.0 Å². The van der Waals surface area contributed by atoms with Crippen LogP contribution in [0.3, 0.4) is 0 Å². The zero-order chi connectivity index (χ0) is 10.6. The van der Waals surface area contributed by atoms with Crippen LogP contribution in [0.4, 0.5) is 0 Å². The summed E-state index contributed by atoms with van der Waals surface area (Å²) in [6.45, 7) is 0. The summed E-state index contributed by atoms with van der Waals surface area (Å²) in [4.78, 5) is 0. The number of nitrogens with two attached hydrogens (primary N) is 1. The average Bonchev–Trinajstić information content (AvgIpc) is 2.17. The first-order chi connectivity index (χ1) is 6.69. The molecule has 0 aliphatic carbocycles. The Kier molecular flexibility index (Phi) is 3.75. The predicted molar refractivity (Wildman–Crippen MR) is 55.2 cm³/mol. The van der Waals surface area contributed by atoms with Crippen molar-refractivity contribution >= 4 is 11.6 Å². The van der Waals surface area contributed by atoms with Crippen LogP contribution in [0.5, 0.6) is 5.75 Å². The van der Waals surface area contributed by atoms with E-state index in [-0.39, 0.29) is 12.5 Å². The lowest BCUT2D eigenvalue weighted by atomic mass is 10.0. The monoisotopic (exact) mass is 210 g/mol. The minimum atomic E-state index is -0.327. The van der Waals surface area contributed by atoms with Gasteiger partial charge in [0.1, 0.15) is 5.75 Å². The van der Waals surface area contributed by atoms with Crippen molar-refractivity contribution in [1.82, 2.24) is 0 Å². The first kappa shape index (κ1) is 10.8. The van der Waals surface area contributed by atoms with Gasteiger partial charge in [-0.15, -0.1) is 0 Å². The molecule has 1 aromatic rings. The van der Waals surface area contributed by atoms with Gasteiger partial charge >= 0.3 is 0 Å². The summed E-state index contributed by atoms with van der Waals surface area (Å²) in [5.74, 6) is 0.625. The predicted octanol–water partition coefficient (Wildman–Crippen LogP) is 2.26. The molecule has 1 unspecified atom stereocenters. The van der Waals surface area contributed by atoms with Gasteiger partial charge in [-0.1, -0.05) is 17.7 Å². The number of ether oxygens (including phenoxy) is 1. The maximum atomic E-state index is 8.52. The van der Waals surface area contributed by atoms with Gasteiger partial charge in [0, 0.05) is 16.6 Å². The number of nitriles is 1. The Morgan fingerprint density at radius 3 is 2.93 bits per heavy atom. The number of hydrogen-bond acceptors (Lipinski definition) is 3. The van der Waals surface area contributed by atoms with Gasteiger partial charge in [0.25, 0.3) is 0 Å². The van der Waals surface area contributed by atoms with Crippen LogP contribution < -0.4 is 10.5 Å². The molecule has 74 valence electrons. The molecule has 0 spiro atoms. The van der Waals surface area contributed by atoms with Crippen molar-refractivity contribution < 1.29 is 4.74 Å². The van der Waals surface area contributed by atoms with E-state index in [1.807, 2.05) is 6.07 Å². The molecule has 0 amide bonds. The second-order valence-corrected chi connectivity index (χ2v) is 3.29. The lowest BCUT2D eigenvalue weighted by Gasteiger charge is -2.12. The fraction of sp³-hybridized carbons (Fsp3) is 0.300. The number of rotatable bonds is 3. The second kappa shape index (κ2) is 4.85. The van der Waals surface area contributed by atoms with Gasteiger partial charge in [-0.25, -0.2) is 0 Å². The lowest BCUT2D eigenvalue weighted by molar-refractivity contribution is 0.406. The van der Waals surface area contributed by atoms with Crippen LogP contribution in [0.15, 0.2) is 18.2 Å². The van der Waals surface area contributed by atoms with E-state index in [2.05, 4.69) is 0 Å². The molecule has 0 saturated heterocycles. The van der Waals surface area contributed by atoms with Gasteiger partial charge in [-0.3, -0.25) is 0 Å². The molecule has 0 bridgehead atoms. The van der Waals surface area contributed by atoms with Gasteiger partial charge in [0.2, 0.25) is 0 Å². The summed E-state index contributed by atoms with van der Waals surface area (Å²) in [6, 6.07) is 6.89. The van der Waals surface area contributed by atoms with E-state index >= 15 is 0 Å². The zero-order valence-electron chi connectivity index (χ0n) is 7.83. The van der Waals surface area contributed by atoms with Gasteiger partial charge in [-0.2, -0.15) is 5.26 Å². The first-order valence-electron chi connectivity index (χ1n) is 4.15. The summed E-state index contributed by atoms with van der Waals surface area (Å²) < 4.78 is 5.12. The Morgan fingerprint density at radius 1 is 1.64 bits per heavy atom. The van der Waals surface area contributed by atoms with E-state index in [1.54, 1.807) is 25.3 Å². The maximum absolute atomic E-state index is 8.52. The Bertz CT molecular complexity index is 360. The Labute approximate surface area is 88.0 Å². The molecule has 1 aromatic carbocycles. The molecular weight excluding hydrogens is 200 g/mol. The maximum Gasteiger partial charge on any atom is 0.125 e. The molecule has 0 aliphatic heterocycles. The molecular formula is C10H11ClN2O. The second-order valence-electron chi connectivity index (χ2n) is 2.86. The summed E-state index contributed by atoms with van der Waals surface area (Å²) in [5.41, 5.74) is 6.59. The highest BCUT2D eigenvalue weighted by Gasteiger charge is 2.11. The van der Waals surface area contributed by atoms with Crippen molar-refractivity contribution in [3.63, 3.8) is 0 Å². The Hall–Kier alpha value is -1.24. The highest BCUT2D eigenvalue weighted by atomic mass is 35.5. The molecule has 1 atom stereocenters. The van der Waals surface area contributed by atoms with Crippen molar-refractivity contribution in [3.05, 3.63) is 28.8 Å². The van der Waals surface area contributed by atoms with Crippen molar-refractivity contribution in [2.45, 2.75) is 12.5 Å². The quantitative estimate of drug-likeness (QED) is 0.833. The molecule has 0 aromatic heterocycles. The average molecular weight is 211 g/mol. The summed E-state index contributed by atoms with van der Waals surface area (Å²) in [5, 5.41) is 9.11. The molecule has 0 aliphatic rings. The molecule has 0 heterocycles. The van der Waals surface area contributed by atoms with Crippen LogP contribution in [0.1, 0.15) is 18.0 Å². The van der Waals surface area contributed by atoms with E-state index < -0.39 is 0 Å². The largest absolute Gasteiger partial charge is 0.496 e. The molecule has 1 rings (SSSR count). The van der Waals surface area contributed by atoms with Gasteiger partial charge < -0.3 is 10.5 Å². The van der Waals surface area contributed by atoms with Crippen molar-refractivity contribution in [3.8, 4) is 11.8 Å². The van der Waals surface area contributed by atoms with Gasteiger partial charge in [0.15, 0.2) is 0 Å². The summed E-state index contributed by atoms with van der Waals surface area (Å²) >= 11 is 5.79. The van der Waals surface area contributed by atoms with Crippen LogP contribution in [-0.4, -0.2) is 7.11 Å². The third-order valence-corrected chi connectivity index (χ3v) is 2.14. The van der Waals surface area contributed by atoms with E-state index in [0.717, 1.165) is 5.56 Å². The minimum absolute atomic E-state index is 0.262. The fourth-order valence-corrected chi connectivity index (χ4v) is 1.36. The third kappa shape index (κ3) is 2.38. The summed E-state index contributed by atoms with van der Waals surface area (Å²) in [7, 11) is 1.55. The smallest absolute Gasteiger partial charge is 0.125 e. The van der Waals surface area contributed by atoms with E-state index in [0.29, 0.717) is 10.8 Å². The Morgan fingerprint density at radius 2 is 2.36 bits per heavy atom. The van der Waals surface area contributed by atoms with E-state index in [9.17, 15) is 0 Å². The van der Waals surface area contributed by atoms with Gasteiger partial charge in [0.05, 0.1) is 19.6 Å². The molecule has 3 nitrogen and oxygen atoms in total. The van der Waals surface area contributed by atoms with Crippen molar-refractivity contribution in [1.29, 1.82) is 5.26 Å². The minimum Gasteiger partial charge on any atom is -0.496 e. The summed E-state index contributed by atoms with van der Waals surface area (Å²) in [6.07, 6.45) is 0.262. The number of hydrogen-bond donors (Lipinski definition) is 1. The van der Waals surface area contributed by atoms with Crippen LogP contribution >= 0.6 is 11.6 Å². The van der Waals surface area contributed by atoms with Crippen molar-refractivity contribution in [2.24, 2.45) is 5.73 Å². The molecule has 4 heteroatoms. The van der Waals surface area contributed by atoms with E-state index in [4.69, 9.17) is 27.3 Å². The molecule has 2 N–H and O–H groups in total. The number of nitrogens with zero attached hydrogens (tertiary/aromatic N) is 1.